The van der Waals surface area contributed by atoms with Gasteiger partial charge in [0.2, 0.25) is 0 Å². The van der Waals surface area contributed by atoms with Gasteiger partial charge in [-0.25, -0.2) is 4.98 Å². The molecule has 0 aromatic carbocycles. The summed E-state index contributed by atoms with van der Waals surface area (Å²) in [6.45, 7) is 12.9. The number of esters is 1. The van der Waals surface area contributed by atoms with Crippen LogP contribution in [0.1, 0.15) is 77.9 Å². The van der Waals surface area contributed by atoms with E-state index in [0.29, 0.717) is 12.3 Å². The lowest BCUT2D eigenvalue weighted by molar-refractivity contribution is -0.154. The molecule has 1 aromatic heterocycles. The zero-order valence-corrected chi connectivity index (χ0v) is 22.4. The maximum atomic E-state index is 13.2. The molecule has 0 saturated carbocycles. The van der Waals surface area contributed by atoms with Crippen LogP contribution in [-0.2, 0) is 14.3 Å². The predicted molar refractivity (Wildman–Crippen MR) is 136 cm³/mol. The number of ether oxygens (including phenoxy) is 1. The molecular weight excluding hydrogens is 450 g/mol. The van der Waals surface area contributed by atoms with Gasteiger partial charge in [0.25, 0.3) is 0 Å². The summed E-state index contributed by atoms with van der Waals surface area (Å²) < 4.78 is 5.78. The zero-order valence-electron chi connectivity index (χ0n) is 21.6. The van der Waals surface area contributed by atoms with Gasteiger partial charge < -0.3 is 14.9 Å². The Labute approximate surface area is 208 Å². The number of Topliss-reactive ketones (excluding diaryl/α,β-unsaturated/α-hetero) is 1. The number of ketones is 1. The minimum atomic E-state index is -1.22. The molecule has 0 saturated heterocycles. The number of carbonyl (C=O) groups is 2. The number of cyclic esters (lactones) is 1. The van der Waals surface area contributed by atoms with Crippen molar-refractivity contribution in [1.29, 1.82) is 0 Å². The van der Waals surface area contributed by atoms with Gasteiger partial charge >= 0.3 is 5.97 Å². The SMILES string of the molecule is C/C(=C\c1csc(C)n1)[C@@H]1C/C=C\C[C@H](C)C[C@H](C)C(O)[C@@H](C)C(=O)C(C)(C)[C@@H](O)CC(=O)O1. The fourth-order valence-corrected chi connectivity index (χ4v) is 5.11. The molecule has 0 aliphatic carbocycles. The highest BCUT2D eigenvalue weighted by Crippen LogP contribution is 2.33. The maximum absolute atomic E-state index is 13.2. The van der Waals surface area contributed by atoms with Crippen LogP contribution in [0.15, 0.2) is 23.1 Å². The molecule has 0 radical (unpaired) electrons. The van der Waals surface area contributed by atoms with E-state index in [2.05, 4.69) is 18.0 Å². The first-order valence-electron chi connectivity index (χ1n) is 12.2. The Morgan fingerprint density at radius 3 is 2.44 bits per heavy atom. The second-order valence-electron chi connectivity index (χ2n) is 10.5. The summed E-state index contributed by atoms with van der Waals surface area (Å²) in [6, 6.07) is 0. The highest BCUT2D eigenvalue weighted by molar-refractivity contribution is 7.09. The molecular formula is C27H41NO5S. The van der Waals surface area contributed by atoms with Gasteiger partial charge in [0.1, 0.15) is 11.9 Å². The Morgan fingerprint density at radius 1 is 1.18 bits per heavy atom. The van der Waals surface area contributed by atoms with Crippen LogP contribution in [0.5, 0.6) is 0 Å². The van der Waals surface area contributed by atoms with Crippen LogP contribution in [0.3, 0.4) is 0 Å². The Bertz CT molecular complexity index is 903. The van der Waals surface area contributed by atoms with E-state index < -0.39 is 35.6 Å². The van der Waals surface area contributed by atoms with Crippen molar-refractivity contribution in [2.24, 2.45) is 23.2 Å². The molecule has 2 N–H and O–H groups in total. The molecule has 1 aliphatic rings. The Kier molecular flexibility index (Phi) is 10.2. The summed E-state index contributed by atoms with van der Waals surface area (Å²) in [5.41, 5.74) is 0.502. The van der Waals surface area contributed by atoms with Crippen LogP contribution in [-0.4, -0.2) is 45.3 Å². The average Bonchev–Trinajstić information content (AvgIpc) is 3.17. The number of carbonyl (C=O) groups excluding carboxylic acids is 2. The Balaban J connectivity index is 2.32. The fourth-order valence-electron chi connectivity index (χ4n) is 4.54. The number of allylic oxidation sites excluding steroid dienone is 1. The lowest BCUT2D eigenvalue weighted by Gasteiger charge is -2.35. The minimum absolute atomic E-state index is 0.0624. The van der Waals surface area contributed by atoms with Crippen LogP contribution < -0.4 is 0 Å². The number of hydrogen-bond donors (Lipinski definition) is 2. The topological polar surface area (TPSA) is 96.7 Å². The maximum Gasteiger partial charge on any atom is 0.309 e. The number of aryl methyl sites for hydroxylation is 1. The summed E-state index contributed by atoms with van der Waals surface area (Å²) in [7, 11) is 0. The number of aromatic nitrogens is 1. The van der Waals surface area contributed by atoms with E-state index in [1.807, 2.05) is 38.3 Å². The summed E-state index contributed by atoms with van der Waals surface area (Å²) in [5.74, 6) is -1.20. The van der Waals surface area contributed by atoms with Crippen molar-refractivity contribution in [1.82, 2.24) is 4.98 Å². The van der Waals surface area contributed by atoms with Gasteiger partial charge in [-0.3, -0.25) is 9.59 Å². The second kappa shape index (κ2) is 12.2. The summed E-state index contributed by atoms with van der Waals surface area (Å²) in [6.07, 6.45) is 5.36. The molecule has 2 heterocycles. The molecule has 1 unspecified atom stereocenters. The molecule has 190 valence electrons. The van der Waals surface area contributed by atoms with Gasteiger partial charge in [-0.15, -0.1) is 11.3 Å². The van der Waals surface area contributed by atoms with E-state index >= 15 is 0 Å². The second-order valence-corrected chi connectivity index (χ2v) is 11.6. The molecule has 0 fully saturated rings. The number of nitrogens with zero attached hydrogens (tertiary/aromatic N) is 1. The van der Waals surface area contributed by atoms with Crippen LogP contribution in [0, 0.1) is 30.1 Å². The van der Waals surface area contributed by atoms with E-state index in [1.165, 1.54) is 0 Å². The molecule has 0 spiro atoms. The third-order valence-electron chi connectivity index (χ3n) is 6.96. The molecule has 7 heteroatoms. The number of aliphatic hydroxyl groups is 2. The Hall–Kier alpha value is -1.83. The number of hydrogen-bond acceptors (Lipinski definition) is 7. The van der Waals surface area contributed by atoms with Crippen LogP contribution in [0.25, 0.3) is 6.08 Å². The van der Waals surface area contributed by atoms with Gasteiger partial charge in [0.05, 0.1) is 34.7 Å². The van der Waals surface area contributed by atoms with Crippen molar-refractivity contribution in [3.63, 3.8) is 0 Å². The van der Waals surface area contributed by atoms with Crippen molar-refractivity contribution < 1.29 is 24.5 Å². The van der Waals surface area contributed by atoms with E-state index in [1.54, 1.807) is 32.1 Å². The molecule has 6 nitrogen and oxygen atoms in total. The quantitative estimate of drug-likeness (QED) is 0.440. The summed E-state index contributed by atoms with van der Waals surface area (Å²) in [5, 5.41) is 24.6. The van der Waals surface area contributed by atoms with Crippen molar-refractivity contribution in [3.8, 4) is 0 Å². The number of aliphatic hydroxyl groups excluding tert-OH is 2. The highest BCUT2D eigenvalue weighted by Gasteiger charge is 2.42. The van der Waals surface area contributed by atoms with Crippen molar-refractivity contribution in [2.45, 2.75) is 92.5 Å². The highest BCUT2D eigenvalue weighted by atomic mass is 32.1. The predicted octanol–water partition coefficient (Wildman–Crippen LogP) is 5.12. The lowest BCUT2D eigenvalue weighted by Crippen LogP contribution is -2.45. The third-order valence-corrected chi connectivity index (χ3v) is 7.75. The molecule has 6 atom stereocenters. The monoisotopic (exact) mass is 491 g/mol. The molecule has 0 amide bonds. The van der Waals surface area contributed by atoms with Gasteiger partial charge in [-0.1, -0.05) is 46.8 Å². The smallest absolute Gasteiger partial charge is 0.309 e. The first-order valence-corrected chi connectivity index (χ1v) is 13.1. The largest absolute Gasteiger partial charge is 0.457 e. The minimum Gasteiger partial charge on any atom is -0.457 e. The van der Waals surface area contributed by atoms with Gasteiger partial charge in [-0.05, 0) is 50.2 Å². The average molecular weight is 492 g/mol. The first-order chi connectivity index (χ1) is 15.8. The first kappa shape index (κ1) is 28.4. The summed E-state index contributed by atoms with van der Waals surface area (Å²) in [4.78, 5) is 30.5. The standard InChI is InChI=1S/C27H41NO5S/c1-16-10-8-9-11-22(17(2)13-21-15-34-20(5)28-21)33-24(30)14-23(29)27(6,7)26(32)19(4)25(31)18(3)12-16/h8-9,13,15-16,18-19,22-23,25,29,31H,10-12,14H2,1-7H3/b9-8-,17-13+/t16-,18-,19+,22-,23-,25?/m0/s1. The molecule has 0 bridgehead atoms. The molecule has 2 rings (SSSR count). The Morgan fingerprint density at radius 2 is 1.82 bits per heavy atom. The van der Waals surface area contributed by atoms with Crippen molar-refractivity contribution in [2.75, 3.05) is 0 Å². The molecule has 1 aliphatic heterocycles. The van der Waals surface area contributed by atoms with Gasteiger partial charge in [0.15, 0.2) is 0 Å². The molecule has 1 aromatic rings. The van der Waals surface area contributed by atoms with Gasteiger partial charge in [-0.2, -0.15) is 0 Å². The van der Waals surface area contributed by atoms with E-state index in [-0.39, 0.29) is 18.1 Å². The lowest BCUT2D eigenvalue weighted by atomic mass is 9.72. The van der Waals surface area contributed by atoms with E-state index in [4.69, 9.17) is 4.74 Å². The normalized spacial score (nSPS) is 33.4. The summed E-state index contributed by atoms with van der Waals surface area (Å²) >= 11 is 1.56. The van der Waals surface area contributed by atoms with Crippen LogP contribution >= 0.6 is 11.3 Å². The zero-order chi connectivity index (χ0) is 25.6. The van der Waals surface area contributed by atoms with Crippen LogP contribution in [0.2, 0.25) is 0 Å². The van der Waals surface area contributed by atoms with Crippen molar-refractivity contribution >= 4 is 29.2 Å². The van der Waals surface area contributed by atoms with Gasteiger partial charge in [0, 0.05) is 17.7 Å². The number of thiazole rings is 1. The number of rotatable bonds is 2. The van der Waals surface area contributed by atoms with E-state index in [0.717, 1.165) is 29.1 Å². The van der Waals surface area contributed by atoms with Crippen molar-refractivity contribution in [3.05, 3.63) is 33.8 Å². The van der Waals surface area contributed by atoms with E-state index in [9.17, 15) is 19.8 Å². The fraction of sp³-hybridized carbons (Fsp3) is 0.667. The third kappa shape index (κ3) is 7.59. The van der Waals surface area contributed by atoms with Crippen LogP contribution in [0.4, 0.5) is 0 Å². The molecule has 34 heavy (non-hydrogen) atoms.